The number of hydrogen-bond acceptors (Lipinski definition) is 5. The zero-order chi connectivity index (χ0) is 10.0. The van der Waals surface area contributed by atoms with Crippen molar-refractivity contribution >= 4 is 0 Å². The van der Waals surface area contributed by atoms with Gasteiger partial charge < -0.3 is 24.4 Å². The van der Waals surface area contributed by atoms with Crippen LogP contribution in [0.15, 0.2) is 0 Å². The van der Waals surface area contributed by atoms with E-state index in [1.54, 1.807) is 6.92 Å². The molecular formula is C8H16O5. The molecule has 1 aliphatic heterocycles. The van der Waals surface area contributed by atoms with E-state index in [-0.39, 0.29) is 6.10 Å². The second-order valence-corrected chi connectivity index (χ2v) is 3.13. The molecule has 0 unspecified atom stereocenters. The minimum Gasteiger partial charge on any atom is -0.387 e. The predicted octanol–water partition coefficient (Wildman–Crippen LogP) is -0.886. The maximum Gasteiger partial charge on any atom is 0.186 e. The van der Waals surface area contributed by atoms with E-state index < -0.39 is 24.6 Å². The van der Waals surface area contributed by atoms with Gasteiger partial charge >= 0.3 is 0 Å². The molecule has 1 heterocycles. The summed E-state index contributed by atoms with van der Waals surface area (Å²) in [4.78, 5) is 0. The third-order valence-corrected chi connectivity index (χ3v) is 2.28. The Morgan fingerprint density at radius 3 is 2.15 bits per heavy atom. The number of aliphatic hydroxyl groups excluding tert-OH is 2. The molecule has 0 aromatic carbocycles. The summed E-state index contributed by atoms with van der Waals surface area (Å²) in [5.41, 5.74) is 0. The number of ether oxygens (including phenoxy) is 3. The standard InChI is InChI=1S/C8H16O5/c1-4-7(11-2)5(9)6(10)8(12-3)13-4/h4-10H,1-3H3/t4-,5-,6-,7+,8+/m1/s1. The highest BCUT2D eigenvalue weighted by Gasteiger charge is 2.42. The molecule has 1 saturated heterocycles. The van der Waals surface area contributed by atoms with Crippen molar-refractivity contribution in [2.45, 2.75) is 37.6 Å². The summed E-state index contributed by atoms with van der Waals surface area (Å²) in [6.07, 6.45) is -3.63. The van der Waals surface area contributed by atoms with Crippen LogP contribution < -0.4 is 0 Å². The van der Waals surface area contributed by atoms with Gasteiger partial charge in [-0.15, -0.1) is 0 Å². The number of rotatable bonds is 2. The molecule has 0 aromatic rings. The Kier molecular flexibility index (Phi) is 3.63. The minimum atomic E-state index is -1.06. The van der Waals surface area contributed by atoms with E-state index >= 15 is 0 Å². The second-order valence-electron chi connectivity index (χ2n) is 3.13. The number of aliphatic hydroxyl groups is 2. The lowest BCUT2D eigenvalue weighted by atomic mass is 10.00. The molecule has 0 spiro atoms. The van der Waals surface area contributed by atoms with Gasteiger partial charge in [0.1, 0.15) is 18.3 Å². The molecule has 5 heteroatoms. The van der Waals surface area contributed by atoms with Crippen LogP contribution in [0.25, 0.3) is 0 Å². The maximum atomic E-state index is 9.57. The van der Waals surface area contributed by atoms with E-state index in [1.807, 2.05) is 0 Å². The Balaban J connectivity index is 2.66. The molecule has 1 aliphatic rings. The summed E-state index contributed by atoms with van der Waals surface area (Å²) in [6.45, 7) is 1.76. The molecule has 1 fully saturated rings. The lowest BCUT2D eigenvalue weighted by molar-refractivity contribution is -0.289. The Morgan fingerprint density at radius 1 is 1.08 bits per heavy atom. The summed E-state index contributed by atoms with van der Waals surface area (Å²) in [5.74, 6) is 0. The van der Waals surface area contributed by atoms with Crippen molar-refractivity contribution in [3.63, 3.8) is 0 Å². The van der Waals surface area contributed by atoms with Crippen LogP contribution in [-0.2, 0) is 14.2 Å². The van der Waals surface area contributed by atoms with Crippen molar-refractivity contribution in [1.29, 1.82) is 0 Å². The molecule has 5 atom stereocenters. The topological polar surface area (TPSA) is 68.2 Å². The zero-order valence-corrected chi connectivity index (χ0v) is 8.01. The average Bonchev–Trinajstić information content (AvgIpc) is 2.12. The Hall–Kier alpha value is -0.200. The third kappa shape index (κ3) is 2.00. The quantitative estimate of drug-likeness (QED) is 0.594. The molecule has 2 N–H and O–H groups in total. The molecule has 0 aromatic heterocycles. The fourth-order valence-corrected chi connectivity index (χ4v) is 1.53. The first kappa shape index (κ1) is 10.9. The van der Waals surface area contributed by atoms with Gasteiger partial charge in [0.05, 0.1) is 6.10 Å². The van der Waals surface area contributed by atoms with Gasteiger partial charge in [-0.1, -0.05) is 0 Å². The Bertz CT molecular complexity index is 163. The number of hydrogen-bond donors (Lipinski definition) is 2. The van der Waals surface area contributed by atoms with E-state index in [4.69, 9.17) is 14.2 Å². The molecule has 0 radical (unpaired) electrons. The fraction of sp³-hybridized carbons (Fsp3) is 1.00. The van der Waals surface area contributed by atoms with E-state index in [0.717, 1.165) is 0 Å². The van der Waals surface area contributed by atoms with Crippen molar-refractivity contribution < 1.29 is 24.4 Å². The fourth-order valence-electron chi connectivity index (χ4n) is 1.53. The first-order valence-electron chi connectivity index (χ1n) is 4.19. The van der Waals surface area contributed by atoms with Gasteiger partial charge in [-0.05, 0) is 6.92 Å². The van der Waals surface area contributed by atoms with Crippen LogP contribution in [0.1, 0.15) is 6.92 Å². The monoisotopic (exact) mass is 192 g/mol. The van der Waals surface area contributed by atoms with Crippen LogP contribution in [0.4, 0.5) is 0 Å². The van der Waals surface area contributed by atoms with Crippen LogP contribution in [0.2, 0.25) is 0 Å². The van der Waals surface area contributed by atoms with Crippen LogP contribution in [0.5, 0.6) is 0 Å². The lowest BCUT2D eigenvalue weighted by Crippen LogP contribution is -2.57. The highest BCUT2D eigenvalue weighted by Crippen LogP contribution is 2.22. The second kappa shape index (κ2) is 4.34. The SMILES string of the molecule is CO[C@H]1O[C@H](C)[C@H](OC)[C@H](O)[C@H]1O. The van der Waals surface area contributed by atoms with Gasteiger partial charge in [-0.3, -0.25) is 0 Å². The van der Waals surface area contributed by atoms with E-state index in [0.29, 0.717) is 0 Å². The van der Waals surface area contributed by atoms with Gasteiger partial charge in [0, 0.05) is 14.2 Å². The lowest BCUT2D eigenvalue weighted by Gasteiger charge is -2.39. The van der Waals surface area contributed by atoms with Crippen LogP contribution in [0.3, 0.4) is 0 Å². The summed E-state index contributed by atoms with van der Waals surface area (Å²) < 4.78 is 15.1. The Labute approximate surface area is 77.2 Å². The normalized spacial score (nSPS) is 46.4. The van der Waals surface area contributed by atoms with E-state index in [1.165, 1.54) is 14.2 Å². The molecule has 0 bridgehead atoms. The van der Waals surface area contributed by atoms with Crippen LogP contribution in [-0.4, -0.2) is 55.1 Å². The first-order chi connectivity index (χ1) is 6.11. The maximum absolute atomic E-state index is 9.57. The molecule has 0 aliphatic carbocycles. The van der Waals surface area contributed by atoms with Gasteiger partial charge in [-0.2, -0.15) is 0 Å². The largest absolute Gasteiger partial charge is 0.387 e. The molecule has 78 valence electrons. The molecule has 13 heavy (non-hydrogen) atoms. The highest BCUT2D eigenvalue weighted by molar-refractivity contribution is 4.87. The molecule has 5 nitrogen and oxygen atoms in total. The summed E-state index contributed by atoms with van der Waals surface area (Å²) in [5, 5.41) is 19.1. The van der Waals surface area contributed by atoms with Crippen molar-refractivity contribution in [2.75, 3.05) is 14.2 Å². The Morgan fingerprint density at radius 2 is 1.69 bits per heavy atom. The molecule has 0 amide bonds. The van der Waals surface area contributed by atoms with Crippen LogP contribution in [0, 0.1) is 0 Å². The smallest absolute Gasteiger partial charge is 0.186 e. The van der Waals surface area contributed by atoms with Crippen molar-refractivity contribution in [2.24, 2.45) is 0 Å². The number of methoxy groups -OCH3 is 2. The van der Waals surface area contributed by atoms with Crippen molar-refractivity contribution in [3.05, 3.63) is 0 Å². The van der Waals surface area contributed by atoms with Gasteiger partial charge in [0.2, 0.25) is 0 Å². The van der Waals surface area contributed by atoms with Gasteiger partial charge in [-0.25, -0.2) is 0 Å². The van der Waals surface area contributed by atoms with Crippen LogP contribution >= 0.6 is 0 Å². The molecular weight excluding hydrogens is 176 g/mol. The van der Waals surface area contributed by atoms with Gasteiger partial charge in [0.15, 0.2) is 6.29 Å². The summed E-state index contributed by atoms with van der Waals surface area (Å²) in [7, 11) is 2.88. The predicted molar refractivity (Wildman–Crippen MR) is 44.2 cm³/mol. The van der Waals surface area contributed by atoms with Gasteiger partial charge in [0.25, 0.3) is 0 Å². The zero-order valence-electron chi connectivity index (χ0n) is 8.01. The van der Waals surface area contributed by atoms with Crippen molar-refractivity contribution in [1.82, 2.24) is 0 Å². The van der Waals surface area contributed by atoms with Crippen molar-refractivity contribution in [3.8, 4) is 0 Å². The summed E-state index contributed by atoms with van der Waals surface area (Å²) >= 11 is 0. The highest BCUT2D eigenvalue weighted by atomic mass is 16.7. The molecule has 1 rings (SSSR count). The molecule has 0 saturated carbocycles. The third-order valence-electron chi connectivity index (χ3n) is 2.28. The summed E-state index contributed by atoms with van der Waals surface area (Å²) in [6, 6.07) is 0. The van der Waals surface area contributed by atoms with E-state index in [9.17, 15) is 10.2 Å². The minimum absolute atomic E-state index is 0.298. The first-order valence-corrected chi connectivity index (χ1v) is 4.19. The van der Waals surface area contributed by atoms with E-state index in [2.05, 4.69) is 0 Å². The average molecular weight is 192 g/mol.